The number of carbonyl (C=O) groups excluding carboxylic acids is 3. The molecule has 2 aliphatic rings. The van der Waals surface area contributed by atoms with Crippen LogP contribution in [0.15, 0.2) is 47.1 Å². The summed E-state index contributed by atoms with van der Waals surface area (Å²) in [5.74, 6) is -2.23. The molecule has 7 nitrogen and oxygen atoms in total. The standard InChI is InChI=1S/C22H28O7/c1-6-16(11-27-15(5)23)22(26)29-19-10-13(3)8-17(24)7-12(2)9-18-20(19)14(4)21(25)28-18/h6,8-9,17-20,24H,4,7,10-11H2,1-3,5H3/b12-9+,13-8+,16-6-. The zero-order chi connectivity index (χ0) is 21.7. The summed E-state index contributed by atoms with van der Waals surface area (Å²) < 4.78 is 16.1. The third-order valence-electron chi connectivity index (χ3n) is 4.94. The highest BCUT2D eigenvalue weighted by molar-refractivity contribution is 5.92. The lowest BCUT2D eigenvalue weighted by Crippen LogP contribution is -2.34. The Balaban J connectivity index is 2.34. The highest BCUT2D eigenvalue weighted by Gasteiger charge is 2.44. The summed E-state index contributed by atoms with van der Waals surface area (Å²) in [5, 5.41) is 10.2. The van der Waals surface area contributed by atoms with Crippen LogP contribution in [0.2, 0.25) is 0 Å². The van der Waals surface area contributed by atoms with Gasteiger partial charge in [0.1, 0.15) is 18.8 Å². The van der Waals surface area contributed by atoms with Crippen molar-refractivity contribution in [2.75, 3.05) is 6.61 Å². The van der Waals surface area contributed by atoms with Crippen molar-refractivity contribution in [2.45, 2.75) is 58.8 Å². The summed E-state index contributed by atoms with van der Waals surface area (Å²) in [6.45, 7) is 10.2. The van der Waals surface area contributed by atoms with Crippen LogP contribution >= 0.6 is 0 Å². The molecule has 0 bridgehead atoms. The van der Waals surface area contributed by atoms with Gasteiger partial charge in [-0.2, -0.15) is 0 Å². The molecule has 1 heterocycles. The van der Waals surface area contributed by atoms with Crippen LogP contribution in [0, 0.1) is 5.92 Å². The Labute approximate surface area is 170 Å². The van der Waals surface area contributed by atoms with E-state index in [9.17, 15) is 19.5 Å². The molecule has 2 rings (SSSR count). The van der Waals surface area contributed by atoms with Crippen molar-refractivity contribution in [1.29, 1.82) is 0 Å². The second-order valence-corrected chi connectivity index (χ2v) is 7.46. The predicted octanol–water partition coefficient (Wildman–Crippen LogP) is 2.55. The van der Waals surface area contributed by atoms with Crippen LogP contribution in [0.4, 0.5) is 0 Å². The van der Waals surface area contributed by atoms with Gasteiger partial charge in [-0.3, -0.25) is 4.79 Å². The van der Waals surface area contributed by atoms with Crippen molar-refractivity contribution in [1.82, 2.24) is 0 Å². The average molecular weight is 404 g/mol. The number of hydrogen-bond donors (Lipinski definition) is 1. The molecular formula is C22H28O7. The summed E-state index contributed by atoms with van der Waals surface area (Å²) in [6.07, 6.45) is 3.68. The molecule has 0 radical (unpaired) electrons. The Hall–Kier alpha value is -2.67. The number of rotatable bonds is 4. The van der Waals surface area contributed by atoms with Gasteiger partial charge in [-0.1, -0.05) is 29.9 Å². The lowest BCUT2D eigenvalue weighted by atomic mass is 9.85. The molecule has 158 valence electrons. The van der Waals surface area contributed by atoms with Crippen molar-refractivity contribution >= 4 is 17.9 Å². The Morgan fingerprint density at radius 1 is 1.28 bits per heavy atom. The molecule has 7 heteroatoms. The monoisotopic (exact) mass is 404 g/mol. The first kappa shape index (κ1) is 22.6. The molecule has 1 aliphatic carbocycles. The van der Waals surface area contributed by atoms with Gasteiger partial charge in [0.15, 0.2) is 0 Å². The summed E-state index contributed by atoms with van der Waals surface area (Å²) >= 11 is 0. The molecular weight excluding hydrogens is 376 g/mol. The Bertz CT molecular complexity index is 787. The number of carbonyl (C=O) groups is 3. The topological polar surface area (TPSA) is 99.1 Å². The van der Waals surface area contributed by atoms with E-state index in [-0.39, 0.29) is 17.8 Å². The average Bonchev–Trinajstić information content (AvgIpc) is 2.87. The van der Waals surface area contributed by atoms with Crippen molar-refractivity contribution in [2.24, 2.45) is 5.92 Å². The van der Waals surface area contributed by atoms with Gasteiger partial charge in [-0.25, -0.2) is 9.59 Å². The molecule has 1 aliphatic heterocycles. The van der Waals surface area contributed by atoms with E-state index in [0.29, 0.717) is 12.8 Å². The molecule has 4 unspecified atom stereocenters. The third-order valence-corrected chi connectivity index (χ3v) is 4.94. The number of aliphatic hydroxyl groups is 1. The first-order valence-corrected chi connectivity index (χ1v) is 9.54. The number of aliphatic hydroxyl groups excluding tert-OH is 1. The van der Waals surface area contributed by atoms with Crippen LogP contribution in [0.3, 0.4) is 0 Å². The van der Waals surface area contributed by atoms with E-state index in [1.54, 1.807) is 19.1 Å². The van der Waals surface area contributed by atoms with E-state index in [0.717, 1.165) is 11.1 Å². The maximum Gasteiger partial charge on any atom is 0.337 e. The Morgan fingerprint density at radius 3 is 2.55 bits per heavy atom. The molecule has 0 aromatic heterocycles. The molecule has 1 fully saturated rings. The minimum absolute atomic E-state index is 0.193. The number of fused-ring (bicyclic) bond motifs is 1. The molecule has 0 aromatic rings. The lowest BCUT2D eigenvalue weighted by Gasteiger charge is -2.28. The van der Waals surface area contributed by atoms with Crippen LogP contribution < -0.4 is 0 Å². The normalized spacial score (nSPS) is 31.6. The van der Waals surface area contributed by atoms with Crippen molar-refractivity contribution in [3.8, 4) is 0 Å². The smallest absolute Gasteiger partial charge is 0.337 e. The van der Waals surface area contributed by atoms with E-state index >= 15 is 0 Å². The van der Waals surface area contributed by atoms with Gasteiger partial charge in [0, 0.05) is 18.9 Å². The summed E-state index contributed by atoms with van der Waals surface area (Å²) in [6, 6.07) is 0. The predicted molar refractivity (Wildman–Crippen MR) is 106 cm³/mol. The number of esters is 3. The van der Waals surface area contributed by atoms with Gasteiger partial charge in [0.25, 0.3) is 0 Å². The first-order valence-electron chi connectivity index (χ1n) is 9.54. The summed E-state index contributed by atoms with van der Waals surface area (Å²) in [7, 11) is 0. The molecule has 0 amide bonds. The highest BCUT2D eigenvalue weighted by Crippen LogP contribution is 2.36. The molecule has 1 saturated heterocycles. The van der Waals surface area contributed by atoms with Crippen LogP contribution in [0.1, 0.15) is 40.5 Å². The summed E-state index contributed by atoms with van der Waals surface area (Å²) in [5.41, 5.74) is 2.11. The Kier molecular flexibility index (Phi) is 7.56. The lowest BCUT2D eigenvalue weighted by molar-refractivity contribution is -0.148. The second-order valence-electron chi connectivity index (χ2n) is 7.46. The largest absolute Gasteiger partial charge is 0.461 e. The van der Waals surface area contributed by atoms with Crippen LogP contribution in [-0.4, -0.2) is 47.9 Å². The molecule has 1 N–H and O–H groups in total. The fraction of sp³-hybridized carbons (Fsp3) is 0.500. The molecule has 4 atom stereocenters. The van der Waals surface area contributed by atoms with Crippen molar-refractivity contribution in [3.63, 3.8) is 0 Å². The summed E-state index contributed by atoms with van der Waals surface area (Å²) in [4.78, 5) is 35.9. The fourth-order valence-corrected chi connectivity index (χ4v) is 3.53. The number of allylic oxidation sites excluding steroid dienone is 1. The van der Waals surface area contributed by atoms with E-state index in [1.165, 1.54) is 13.0 Å². The fourth-order valence-electron chi connectivity index (χ4n) is 3.53. The molecule has 29 heavy (non-hydrogen) atoms. The van der Waals surface area contributed by atoms with E-state index < -0.39 is 42.1 Å². The SMILES string of the molecule is C=C1C(=O)OC2/C=C(\C)CC(O)/C=C(\C)CC(OC(=O)/C(=C\C)COC(C)=O)C12. The third kappa shape index (κ3) is 5.90. The van der Waals surface area contributed by atoms with E-state index in [4.69, 9.17) is 14.2 Å². The maximum atomic E-state index is 12.7. The van der Waals surface area contributed by atoms with E-state index in [2.05, 4.69) is 6.58 Å². The van der Waals surface area contributed by atoms with Crippen LogP contribution in [-0.2, 0) is 28.6 Å². The minimum Gasteiger partial charge on any atom is -0.461 e. The minimum atomic E-state index is -0.732. The van der Waals surface area contributed by atoms with Crippen LogP contribution in [0.5, 0.6) is 0 Å². The van der Waals surface area contributed by atoms with E-state index in [1.807, 2.05) is 13.8 Å². The molecule has 0 aromatic carbocycles. The molecule has 0 spiro atoms. The van der Waals surface area contributed by atoms with Crippen LogP contribution in [0.25, 0.3) is 0 Å². The van der Waals surface area contributed by atoms with Gasteiger partial charge < -0.3 is 19.3 Å². The van der Waals surface area contributed by atoms with Gasteiger partial charge in [-0.05, 0) is 33.3 Å². The first-order chi connectivity index (χ1) is 13.6. The van der Waals surface area contributed by atoms with Crippen molar-refractivity contribution in [3.05, 3.63) is 47.1 Å². The van der Waals surface area contributed by atoms with Gasteiger partial charge >= 0.3 is 17.9 Å². The Morgan fingerprint density at radius 2 is 1.93 bits per heavy atom. The maximum absolute atomic E-state index is 12.7. The second kappa shape index (κ2) is 9.69. The quantitative estimate of drug-likeness (QED) is 0.333. The molecule has 0 saturated carbocycles. The zero-order valence-electron chi connectivity index (χ0n) is 17.3. The number of hydrogen-bond acceptors (Lipinski definition) is 7. The highest BCUT2D eigenvalue weighted by atomic mass is 16.6. The van der Waals surface area contributed by atoms with Gasteiger partial charge in [0.05, 0.1) is 17.6 Å². The van der Waals surface area contributed by atoms with Crippen molar-refractivity contribution < 1.29 is 33.7 Å². The number of ether oxygens (including phenoxy) is 3. The zero-order valence-corrected chi connectivity index (χ0v) is 17.3. The van der Waals surface area contributed by atoms with Gasteiger partial charge in [-0.15, -0.1) is 0 Å². The van der Waals surface area contributed by atoms with Gasteiger partial charge in [0.2, 0.25) is 0 Å².